The molecule has 1 aliphatic rings. The molecule has 2 N–H and O–H groups in total. The molecule has 1 saturated heterocycles. The summed E-state index contributed by atoms with van der Waals surface area (Å²) in [6.07, 6.45) is 1.67. The second-order valence-corrected chi connectivity index (χ2v) is 6.22. The molecule has 21 heavy (non-hydrogen) atoms. The second-order valence-electron chi connectivity index (χ2n) is 6.22. The van der Waals surface area contributed by atoms with Crippen LogP contribution in [0.25, 0.3) is 0 Å². The zero-order valence-electron chi connectivity index (χ0n) is 13.0. The molecule has 1 aromatic rings. The summed E-state index contributed by atoms with van der Waals surface area (Å²) >= 11 is 0. The Morgan fingerprint density at radius 3 is 2.76 bits per heavy atom. The third-order valence-electron chi connectivity index (χ3n) is 3.74. The lowest BCUT2D eigenvalue weighted by atomic mass is 10.1. The molecular formula is C17H26N2O2. The minimum absolute atomic E-state index is 0.0366. The molecule has 4 heteroatoms. The molecule has 0 radical (unpaired) electrons. The van der Waals surface area contributed by atoms with Gasteiger partial charge in [0.15, 0.2) is 0 Å². The summed E-state index contributed by atoms with van der Waals surface area (Å²) in [6, 6.07) is 9.46. The van der Waals surface area contributed by atoms with E-state index < -0.39 is 6.04 Å². The maximum atomic E-state index is 12.4. The monoisotopic (exact) mass is 290 g/mol. The number of benzene rings is 1. The SMILES string of the molecule is CC(C)CO[C@H]1CCN(C(=O)[C@H](N)Cc2ccccc2)C1. The van der Waals surface area contributed by atoms with Gasteiger partial charge in [0.25, 0.3) is 0 Å². The Bertz CT molecular complexity index is 447. The van der Waals surface area contributed by atoms with E-state index in [9.17, 15) is 4.79 Å². The average molecular weight is 290 g/mol. The van der Waals surface area contributed by atoms with Crippen molar-refractivity contribution >= 4 is 5.91 Å². The molecule has 4 nitrogen and oxygen atoms in total. The van der Waals surface area contributed by atoms with E-state index in [-0.39, 0.29) is 12.0 Å². The van der Waals surface area contributed by atoms with Gasteiger partial charge in [-0.3, -0.25) is 4.79 Å². The largest absolute Gasteiger partial charge is 0.376 e. The van der Waals surface area contributed by atoms with Gasteiger partial charge in [0.05, 0.1) is 12.1 Å². The standard InChI is InChI=1S/C17H26N2O2/c1-13(2)12-21-15-8-9-19(11-15)17(20)16(18)10-14-6-4-3-5-7-14/h3-7,13,15-16H,8-12,18H2,1-2H3/t15-,16+/m0/s1. The smallest absolute Gasteiger partial charge is 0.239 e. The molecule has 1 aromatic carbocycles. The van der Waals surface area contributed by atoms with Crippen molar-refractivity contribution in [3.8, 4) is 0 Å². The molecule has 1 heterocycles. The predicted octanol–water partition coefficient (Wildman–Crippen LogP) is 1.83. The summed E-state index contributed by atoms with van der Waals surface area (Å²) in [5.41, 5.74) is 7.17. The number of likely N-dealkylation sites (tertiary alicyclic amines) is 1. The molecule has 0 aliphatic carbocycles. The van der Waals surface area contributed by atoms with Crippen molar-refractivity contribution in [2.24, 2.45) is 11.7 Å². The number of hydrogen-bond donors (Lipinski definition) is 1. The van der Waals surface area contributed by atoms with Crippen LogP contribution in [0.2, 0.25) is 0 Å². The van der Waals surface area contributed by atoms with E-state index in [2.05, 4.69) is 13.8 Å². The molecule has 1 aliphatic heterocycles. The Hall–Kier alpha value is -1.39. The average Bonchev–Trinajstić information content (AvgIpc) is 2.94. The maximum absolute atomic E-state index is 12.4. The third-order valence-corrected chi connectivity index (χ3v) is 3.74. The number of amides is 1. The van der Waals surface area contributed by atoms with Crippen LogP contribution in [0.15, 0.2) is 30.3 Å². The van der Waals surface area contributed by atoms with Gasteiger partial charge in [0.1, 0.15) is 0 Å². The Kier molecular flexibility index (Phi) is 5.76. The molecule has 116 valence electrons. The van der Waals surface area contributed by atoms with E-state index >= 15 is 0 Å². The molecule has 1 amide bonds. The third kappa shape index (κ3) is 4.83. The van der Waals surface area contributed by atoms with Crippen molar-refractivity contribution in [1.82, 2.24) is 4.90 Å². The van der Waals surface area contributed by atoms with Gasteiger partial charge in [-0.05, 0) is 24.3 Å². The molecule has 2 rings (SSSR count). The van der Waals surface area contributed by atoms with Crippen LogP contribution in [0.3, 0.4) is 0 Å². The minimum Gasteiger partial charge on any atom is -0.376 e. The minimum atomic E-state index is -0.462. The van der Waals surface area contributed by atoms with E-state index in [1.54, 1.807) is 0 Å². The van der Waals surface area contributed by atoms with E-state index in [4.69, 9.17) is 10.5 Å². The Labute approximate surface area is 127 Å². The zero-order chi connectivity index (χ0) is 15.2. The fourth-order valence-corrected chi connectivity index (χ4v) is 2.58. The van der Waals surface area contributed by atoms with Crippen LogP contribution in [0.4, 0.5) is 0 Å². The predicted molar refractivity (Wildman–Crippen MR) is 83.9 cm³/mol. The highest BCUT2D eigenvalue weighted by Crippen LogP contribution is 2.15. The number of carbonyl (C=O) groups excluding carboxylic acids is 1. The highest BCUT2D eigenvalue weighted by molar-refractivity contribution is 5.82. The van der Waals surface area contributed by atoms with Crippen molar-refractivity contribution in [2.75, 3.05) is 19.7 Å². The summed E-state index contributed by atoms with van der Waals surface area (Å²) in [4.78, 5) is 14.2. The Morgan fingerprint density at radius 1 is 1.38 bits per heavy atom. The van der Waals surface area contributed by atoms with Crippen LogP contribution < -0.4 is 5.73 Å². The van der Waals surface area contributed by atoms with Gasteiger partial charge in [-0.2, -0.15) is 0 Å². The Balaban J connectivity index is 1.81. The summed E-state index contributed by atoms with van der Waals surface area (Å²) < 4.78 is 5.81. The van der Waals surface area contributed by atoms with Crippen molar-refractivity contribution in [3.05, 3.63) is 35.9 Å². The highest BCUT2D eigenvalue weighted by Gasteiger charge is 2.29. The van der Waals surface area contributed by atoms with Crippen LogP contribution in [-0.2, 0) is 16.0 Å². The van der Waals surface area contributed by atoms with Gasteiger partial charge in [-0.1, -0.05) is 44.2 Å². The van der Waals surface area contributed by atoms with Crippen molar-refractivity contribution < 1.29 is 9.53 Å². The van der Waals surface area contributed by atoms with Gasteiger partial charge in [-0.25, -0.2) is 0 Å². The van der Waals surface area contributed by atoms with E-state index in [0.717, 1.165) is 25.1 Å². The first kappa shape index (κ1) is 16.0. The lowest BCUT2D eigenvalue weighted by molar-refractivity contribution is -0.132. The summed E-state index contributed by atoms with van der Waals surface area (Å²) in [7, 11) is 0. The van der Waals surface area contributed by atoms with Gasteiger partial charge >= 0.3 is 0 Å². The number of rotatable bonds is 6. The van der Waals surface area contributed by atoms with Gasteiger partial charge < -0.3 is 15.4 Å². The molecular weight excluding hydrogens is 264 g/mol. The van der Waals surface area contributed by atoms with Crippen LogP contribution >= 0.6 is 0 Å². The van der Waals surface area contributed by atoms with E-state index in [1.807, 2.05) is 35.2 Å². The lowest BCUT2D eigenvalue weighted by Crippen LogP contribution is -2.44. The van der Waals surface area contributed by atoms with Gasteiger partial charge in [-0.15, -0.1) is 0 Å². The first-order chi connectivity index (χ1) is 10.1. The summed E-state index contributed by atoms with van der Waals surface area (Å²) in [5.74, 6) is 0.560. The zero-order valence-corrected chi connectivity index (χ0v) is 13.0. The van der Waals surface area contributed by atoms with Gasteiger partial charge in [0, 0.05) is 19.7 Å². The Morgan fingerprint density at radius 2 is 2.10 bits per heavy atom. The topological polar surface area (TPSA) is 55.6 Å². The molecule has 0 aromatic heterocycles. The first-order valence-electron chi connectivity index (χ1n) is 7.76. The molecule has 0 spiro atoms. The number of ether oxygens (including phenoxy) is 1. The molecule has 0 bridgehead atoms. The van der Waals surface area contributed by atoms with Gasteiger partial charge in [0.2, 0.25) is 5.91 Å². The van der Waals surface area contributed by atoms with E-state index in [0.29, 0.717) is 18.9 Å². The normalized spacial score (nSPS) is 20.0. The van der Waals surface area contributed by atoms with Crippen molar-refractivity contribution in [2.45, 2.75) is 38.8 Å². The van der Waals surface area contributed by atoms with Crippen LogP contribution in [-0.4, -0.2) is 42.6 Å². The second kappa shape index (κ2) is 7.57. The molecule has 0 unspecified atom stereocenters. The van der Waals surface area contributed by atoms with Crippen LogP contribution in [0.1, 0.15) is 25.8 Å². The number of nitrogens with zero attached hydrogens (tertiary/aromatic N) is 1. The number of hydrogen-bond acceptors (Lipinski definition) is 3. The van der Waals surface area contributed by atoms with E-state index in [1.165, 1.54) is 0 Å². The highest BCUT2D eigenvalue weighted by atomic mass is 16.5. The van der Waals surface area contributed by atoms with Crippen LogP contribution in [0.5, 0.6) is 0 Å². The maximum Gasteiger partial charge on any atom is 0.239 e. The summed E-state index contributed by atoms with van der Waals surface area (Å²) in [5, 5.41) is 0. The summed E-state index contributed by atoms with van der Waals surface area (Å²) in [6.45, 7) is 6.45. The number of carbonyl (C=O) groups is 1. The van der Waals surface area contributed by atoms with Crippen molar-refractivity contribution in [3.63, 3.8) is 0 Å². The fraction of sp³-hybridized carbons (Fsp3) is 0.588. The lowest BCUT2D eigenvalue weighted by Gasteiger charge is -2.21. The fourth-order valence-electron chi connectivity index (χ4n) is 2.58. The van der Waals surface area contributed by atoms with Crippen molar-refractivity contribution in [1.29, 1.82) is 0 Å². The quantitative estimate of drug-likeness (QED) is 0.869. The van der Waals surface area contributed by atoms with Crippen LogP contribution in [0, 0.1) is 5.92 Å². The first-order valence-corrected chi connectivity index (χ1v) is 7.76. The number of nitrogens with two attached hydrogens (primary N) is 1. The molecule has 0 saturated carbocycles. The molecule has 2 atom stereocenters. The molecule has 1 fully saturated rings.